The molecule has 0 bridgehead atoms. The molecule has 0 radical (unpaired) electrons. The average molecular weight is 394 g/mol. The number of ether oxygens (including phenoxy) is 1. The molecule has 2 aromatic rings. The van der Waals surface area contributed by atoms with Gasteiger partial charge in [0.2, 0.25) is 0 Å². The zero-order valence-electron chi connectivity index (χ0n) is 15.5. The highest BCUT2D eigenvalue weighted by Gasteiger charge is 2.36. The lowest BCUT2D eigenvalue weighted by molar-refractivity contribution is 0.0545. The lowest BCUT2D eigenvalue weighted by Crippen LogP contribution is -2.44. The van der Waals surface area contributed by atoms with E-state index in [1.165, 1.54) is 7.11 Å². The minimum Gasteiger partial charge on any atom is -0.492 e. The average Bonchev–Trinajstić information content (AvgIpc) is 3.41. The first kappa shape index (κ1) is 18.8. The summed E-state index contributed by atoms with van der Waals surface area (Å²) in [6.07, 6.45) is 2.27. The number of methoxy groups -OCH3 is 1. The molecule has 2 fully saturated rings. The van der Waals surface area contributed by atoms with Crippen molar-refractivity contribution in [1.82, 2.24) is 9.08 Å². The van der Waals surface area contributed by atoms with E-state index in [1.54, 1.807) is 4.90 Å². The van der Waals surface area contributed by atoms with Gasteiger partial charge < -0.3 is 25.7 Å². The van der Waals surface area contributed by atoms with Gasteiger partial charge in [0.1, 0.15) is 11.2 Å². The molecule has 2 aromatic heterocycles. The highest BCUT2D eigenvalue weighted by atomic mass is 19.1. The number of pyridine rings is 1. The third-order valence-corrected chi connectivity index (χ3v) is 5.72. The van der Waals surface area contributed by atoms with Crippen molar-refractivity contribution in [2.75, 3.05) is 37.5 Å². The zero-order valence-corrected chi connectivity index (χ0v) is 15.5. The van der Waals surface area contributed by atoms with E-state index in [1.807, 2.05) is 0 Å². The van der Waals surface area contributed by atoms with E-state index in [-0.39, 0.29) is 35.4 Å². The van der Waals surface area contributed by atoms with Gasteiger partial charge in [-0.15, -0.1) is 0 Å². The van der Waals surface area contributed by atoms with Crippen LogP contribution >= 0.6 is 0 Å². The van der Waals surface area contributed by atoms with Crippen LogP contribution in [0.25, 0.3) is 5.52 Å². The first-order valence-corrected chi connectivity index (χ1v) is 9.25. The van der Waals surface area contributed by atoms with E-state index < -0.39 is 23.2 Å². The van der Waals surface area contributed by atoms with Crippen molar-refractivity contribution >= 4 is 11.2 Å². The maximum atomic E-state index is 15.1. The molecule has 3 heterocycles. The lowest BCUT2D eigenvalue weighted by Gasteiger charge is -2.25. The second kappa shape index (κ2) is 6.78. The summed E-state index contributed by atoms with van der Waals surface area (Å²) in [5.74, 6) is 4.78. The minimum atomic E-state index is -0.895. The molecule has 0 spiro atoms. The number of rotatable bonds is 5. The van der Waals surface area contributed by atoms with Crippen molar-refractivity contribution < 1.29 is 19.3 Å². The van der Waals surface area contributed by atoms with Gasteiger partial charge >= 0.3 is 5.69 Å². The number of nitrogens with zero attached hydrogens (tertiary/aromatic N) is 3. The van der Waals surface area contributed by atoms with Gasteiger partial charge in [0, 0.05) is 19.0 Å². The van der Waals surface area contributed by atoms with Gasteiger partial charge in [-0.3, -0.25) is 9.20 Å². The van der Waals surface area contributed by atoms with Gasteiger partial charge in [0.15, 0.2) is 11.6 Å². The molecular formula is C18H23FN4O5. The quantitative estimate of drug-likeness (QED) is 0.578. The summed E-state index contributed by atoms with van der Waals surface area (Å²) in [5.41, 5.74) is -0.706. The minimum absolute atomic E-state index is 0.0485. The van der Waals surface area contributed by atoms with Crippen molar-refractivity contribution in [3.63, 3.8) is 0 Å². The predicted octanol–water partition coefficient (Wildman–Crippen LogP) is -0.620. The van der Waals surface area contributed by atoms with Gasteiger partial charge in [0.05, 0.1) is 31.6 Å². The van der Waals surface area contributed by atoms with E-state index >= 15 is 4.39 Å². The van der Waals surface area contributed by atoms with Crippen LogP contribution in [0.5, 0.6) is 5.75 Å². The number of fused-ring (bicyclic) bond motifs is 1. The van der Waals surface area contributed by atoms with Gasteiger partial charge in [-0.2, -0.15) is 4.68 Å². The van der Waals surface area contributed by atoms with Crippen molar-refractivity contribution in [3.8, 4) is 5.75 Å². The largest absolute Gasteiger partial charge is 0.492 e. The van der Waals surface area contributed by atoms with Crippen LogP contribution in [0, 0.1) is 11.7 Å². The molecule has 28 heavy (non-hydrogen) atoms. The highest BCUT2D eigenvalue weighted by Crippen LogP contribution is 2.45. The Morgan fingerprint density at radius 1 is 1.36 bits per heavy atom. The number of hydrogen-bond donors (Lipinski definition) is 3. The highest BCUT2D eigenvalue weighted by molar-refractivity contribution is 5.78. The Bertz CT molecular complexity index is 1050. The van der Waals surface area contributed by atoms with Gasteiger partial charge in [-0.05, 0) is 25.2 Å². The Kier molecular flexibility index (Phi) is 4.54. The predicted molar refractivity (Wildman–Crippen MR) is 100.0 cm³/mol. The van der Waals surface area contributed by atoms with Gasteiger partial charge in [0.25, 0.3) is 5.56 Å². The van der Waals surface area contributed by atoms with Crippen LogP contribution in [-0.4, -0.2) is 52.2 Å². The van der Waals surface area contributed by atoms with E-state index in [2.05, 4.69) is 0 Å². The van der Waals surface area contributed by atoms with Crippen LogP contribution in [0.4, 0.5) is 10.1 Å². The van der Waals surface area contributed by atoms with Crippen LogP contribution < -0.4 is 26.7 Å². The summed E-state index contributed by atoms with van der Waals surface area (Å²) in [5, 5.41) is 19.1. The molecule has 1 aliphatic heterocycles. The number of aliphatic hydroxyl groups is 2. The Morgan fingerprint density at radius 3 is 2.68 bits per heavy atom. The zero-order chi connectivity index (χ0) is 20.2. The molecule has 10 heteroatoms. The standard InChI is InChI=1S/C18H23FN4O5/c1-28-16-14(21-5-4-10(6-21)12(25)8-24)11(19)7-22-15(16)13(9-2-3-9)17(26)23(20)18(22)27/h7,9-10,12,24-25H,2-6,8,20H2,1H3. The fourth-order valence-electron chi connectivity index (χ4n) is 4.09. The molecule has 1 saturated carbocycles. The van der Waals surface area contributed by atoms with Crippen molar-refractivity contribution in [1.29, 1.82) is 0 Å². The molecule has 1 aliphatic carbocycles. The maximum absolute atomic E-state index is 15.1. The monoisotopic (exact) mass is 394 g/mol. The molecule has 4 rings (SSSR count). The van der Waals surface area contributed by atoms with Crippen molar-refractivity contribution in [3.05, 3.63) is 38.4 Å². The summed E-state index contributed by atoms with van der Waals surface area (Å²) >= 11 is 0. The van der Waals surface area contributed by atoms with Crippen LogP contribution in [0.2, 0.25) is 0 Å². The Hall–Kier alpha value is -2.59. The Morgan fingerprint density at radius 2 is 2.07 bits per heavy atom. The second-order valence-corrected chi connectivity index (χ2v) is 7.47. The summed E-state index contributed by atoms with van der Waals surface area (Å²) in [4.78, 5) is 26.8. The summed E-state index contributed by atoms with van der Waals surface area (Å²) in [6.45, 7) is 0.400. The molecule has 1 saturated heterocycles. The Labute approximate surface area is 159 Å². The van der Waals surface area contributed by atoms with E-state index in [4.69, 9.17) is 10.6 Å². The van der Waals surface area contributed by atoms with Crippen LogP contribution in [0.15, 0.2) is 15.8 Å². The molecule has 2 aliphatic rings. The number of anilines is 1. The number of hydrogen-bond acceptors (Lipinski definition) is 7. The fraction of sp³-hybridized carbons (Fsp3) is 0.556. The normalized spacial score (nSPS) is 20.7. The second-order valence-electron chi connectivity index (χ2n) is 7.47. The third-order valence-electron chi connectivity index (χ3n) is 5.72. The SMILES string of the molecule is COc1c(N2CCC(C(O)CO)C2)c(F)cn2c(=O)n(N)c(=O)c(C3CC3)c12. The van der Waals surface area contributed by atoms with E-state index in [9.17, 15) is 19.8 Å². The first-order valence-electron chi connectivity index (χ1n) is 9.25. The van der Waals surface area contributed by atoms with Gasteiger partial charge in [-0.25, -0.2) is 9.18 Å². The summed E-state index contributed by atoms with van der Waals surface area (Å²) in [6, 6.07) is 0. The molecule has 9 nitrogen and oxygen atoms in total. The molecule has 152 valence electrons. The molecule has 4 N–H and O–H groups in total. The van der Waals surface area contributed by atoms with Crippen LogP contribution in [-0.2, 0) is 0 Å². The number of aromatic nitrogens is 2. The Balaban J connectivity index is 1.95. The number of halogens is 1. The van der Waals surface area contributed by atoms with Crippen molar-refractivity contribution in [2.45, 2.75) is 31.3 Å². The van der Waals surface area contributed by atoms with Crippen LogP contribution in [0.3, 0.4) is 0 Å². The van der Waals surface area contributed by atoms with E-state index in [0.29, 0.717) is 29.7 Å². The number of nitrogen functional groups attached to an aromatic ring is 1. The van der Waals surface area contributed by atoms with Crippen molar-refractivity contribution in [2.24, 2.45) is 5.92 Å². The smallest absolute Gasteiger partial charge is 0.354 e. The van der Waals surface area contributed by atoms with Crippen LogP contribution in [0.1, 0.15) is 30.7 Å². The molecular weight excluding hydrogens is 371 g/mol. The number of nitrogens with two attached hydrogens (primary N) is 1. The third kappa shape index (κ3) is 2.75. The topological polar surface area (TPSA) is 122 Å². The number of aliphatic hydroxyl groups excluding tert-OH is 2. The summed E-state index contributed by atoms with van der Waals surface area (Å²) < 4.78 is 22.1. The van der Waals surface area contributed by atoms with Gasteiger partial charge in [-0.1, -0.05) is 0 Å². The molecule has 2 unspecified atom stereocenters. The van der Waals surface area contributed by atoms with E-state index in [0.717, 1.165) is 23.4 Å². The molecule has 0 amide bonds. The maximum Gasteiger partial charge on any atom is 0.354 e. The lowest BCUT2D eigenvalue weighted by atomic mass is 10.0. The fourth-order valence-corrected chi connectivity index (χ4v) is 4.09. The first-order chi connectivity index (χ1) is 13.4. The molecule has 2 atom stereocenters. The molecule has 0 aromatic carbocycles. The summed E-state index contributed by atoms with van der Waals surface area (Å²) in [7, 11) is 1.36.